The van der Waals surface area contributed by atoms with Gasteiger partial charge in [0.1, 0.15) is 0 Å². The molecule has 0 aliphatic carbocycles. The summed E-state index contributed by atoms with van der Waals surface area (Å²) in [6, 6.07) is 0.384. The van der Waals surface area contributed by atoms with Gasteiger partial charge in [0.15, 0.2) is 5.82 Å². The van der Waals surface area contributed by atoms with Crippen LogP contribution in [-0.4, -0.2) is 28.5 Å². The molecule has 1 N–H and O–H groups in total. The molecule has 5 heteroatoms. The van der Waals surface area contributed by atoms with Gasteiger partial charge in [-0.15, -0.1) is 0 Å². The lowest BCUT2D eigenvalue weighted by Gasteiger charge is -2.20. The maximum atomic E-state index is 5.52. The van der Waals surface area contributed by atoms with Crippen molar-refractivity contribution in [1.82, 2.24) is 15.5 Å². The third kappa shape index (κ3) is 3.72. The van der Waals surface area contributed by atoms with Gasteiger partial charge in [-0.25, -0.2) is 0 Å². The average Bonchev–Trinajstić information content (AvgIpc) is 3.07. The van der Waals surface area contributed by atoms with Gasteiger partial charge >= 0.3 is 0 Å². The topological polar surface area (TPSA) is 51.0 Å². The van der Waals surface area contributed by atoms with Crippen LogP contribution in [0.25, 0.3) is 0 Å². The van der Waals surface area contributed by atoms with E-state index in [1.165, 1.54) is 18.6 Å². The van der Waals surface area contributed by atoms with Crippen LogP contribution >= 0.6 is 11.8 Å². The fraction of sp³-hybridized carbons (Fsp3) is 0.857. The van der Waals surface area contributed by atoms with Crippen molar-refractivity contribution in [3.8, 4) is 0 Å². The predicted octanol–water partition coefficient (Wildman–Crippen LogP) is 3.52. The second kappa shape index (κ2) is 7.29. The number of aromatic nitrogens is 2. The Balaban J connectivity index is 2.01. The largest absolute Gasteiger partial charge is 0.339 e. The van der Waals surface area contributed by atoms with Crippen molar-refractivity contribution in [2.45, 2.75) is 63.7 Å². The summed E-state index contributed by atoms with van der Waals surface area (Å²) in [5.74, 6) is 3.25. The third-order valence-corrected chi connectivity index (χ3v) is 5.13. The van der Waals surface area contributed by atoms with Gasteiger partial charge in [-0.05, 0) is 44.9 Å². The van der Waals surface area contributed by atoms with E-state index in [2.05, 4.69) is 36.2 Å². The van der Waals surface area contributed by atoms with Crippen molar-refractivity contribution < 1.29 is 4.52 Å². The van der Waals surface area contributed by atoms with Gasteiger partial charge in [0.2, 0.25) is 5.89 Å². The van der Waals surface area contributed by atoms with Crippen molar-refractivity contribution >= 4 is 11.8 Å². The molecule has 0 amide bonds. The highest BCUT2D eigenvalue weighted by molar-refractivity contribution is 7.99. The smallest absolute Gasteiger partial charge is 0.231 e. The maximum absolute atomic E-state index is 5.52. The summed E-state index contributed by atoms with van der Waals surface area (Å²) < 4.78 is 5.52. The van der Waals surface area contributed by atoms with Crippen LogP contribution in [0.2, 0.25) is 0 Å². The van der Waals surface area contributed by atoms with Gasteiger partial charge in [0.05, 0.1) is 11.2 Å². The fourth-order valence-electron chi connectivity index (χ4n) is 2.57. The highest BCUT2D eigenvalue weighted by Crippen LogP contribution is 2.38. The number of nitrogens with zero attached hydrogens (tertiary/aromatic N) is 2. The first-order valence-electron chi connectivity index (χ1n) is 7.44. The Kier molecular flexibility index (Phi) is 5.70. The van der Waals surface area contributed by atoms with Crippen LogP contribution in [0.15, 0.2) is 4.52 Å². The van der Waals surface area contributed by atoms with Crippen LogP contribution in [0.4, 0.5) is 0 Å². The summed E-state index contributed by atoms with van der Waals surface area (Å²) in [6.45, 7) is 7.61. The van der Waals surface area contributed by atoms with Crippen molar-refractivity contribution in [2.24, 2.45) is 0 Å². The van der Waals surface area contributed by atoms with Gasteiger partial charge in [0.25, 0.3) is 0 Å². The Hall–Kier alpha value is -0.550. The van der Waals surface area contributed by atoms with Gasteiger partial charge in [-0.3, -0.25) is 0 Å². The second-order valence-corrected chi connectivity index (χ2v) is 6.56. The lowest BCUT2D eigenvalue weighted by atomic mass is 9.98. The predicted molar refractivity (Wildman–Crippen MR) is 79.5 cm³/mol. The molecule has 0 radical (unpaired) electrons. The monoisotopic (exact) mass is 283 g/mol. The molecule has 0 spiro atoms. The number of rotatable bonds is 7. The zero-order valence-corrected chi connectivity index (χ0v) is 13.0. The molecular weight excluding hydrogens is 258 g/mol. The van der Waals surface area contributed by atoms with Crippen molar-refractivity contribution in [3.05, 3.63) is 11.7 Å². The standard InChI is InChI=1S/C14H25N3OS/c1-4-8-15-10(3)11(5-2)14-16-13(17-18-14)12-7-6-9-19-12/h10-12,15H,4-9H2,1-3H3. The molecule has 0 bridgehead atoms. The van der Waals surface area contributed by atoms with Crippen LogP contribution in [0.3, 0.4) is 0 Å². The molecule has 0 aromatic carbocycles. The van der Waals surface area contributed by atoms with E-state index >= 15 is 0 Å². The number of thioether (sulfide) groups is 1. The molecule has 1 aliphatic heterocycles. The lowest BCUT2D eigenvalue weighted by molar-refractivity contribution is 0.314. The summed E-state index contributed by atoms with van der Waals surface area (Å²) in [6.07, 6.45) is 4.63. The Labute approximate surface area is 120 Å². The summed E-state index contributed by atoms with van der Waals surface area (Å²) in [4.78, 5) is 4.65. The minimum atomic E-state index is 0.319. The molecule has 1 fully saturated rings. The zero-order valence-electron chi connectivity index (χ0n) is 12.2. The Morgan fingerprint density at radius 1 is 1.47 bits per heavy atom. The van der Waals surface area contributed by atoms with E-state index in [9.17, 15) is 0 Å². The van der Waals surface area contributed by atoms with Crippen LogP contribution in [0.5, 0.6) is 0 Å². The first-order chi connectivity index (χ1) is 9.26. The first-order valence-corrected chi connectivity index (χ1v) is 8.49. The fourth-order valence-corrected chi connectivity index (χ4v) is 3.76. The highest BCUT2D eigenvalue weighted by atomic mass is 32.2. The second-order valence-electron chi connectivity index (χ2n) is 5.25. The van der Waals surface area contributed by atoms with Crippen LogP contribution in [0, 0.1) is 0 Å². The summed E-state index contributed by atoms with van der Waals surface area (Å²) in [5, 5.41) is 8.18. The summed E-state index contributed by atoms with van der Waals surface area (Å²) in [5.41, 5.74) is 0. The first kappa shape index (κ1) is 14.9. The van der Waals surface area contributed by atoms with Gasteiger partial charge in [-0.1, -0.05) is 19.0 Å². The molecule has 3 atom stereocenters. The van der Waals surface area contributed by atoms with Crippen molar-refractivity contribution in [3.63, 3.8) is 0 Å². The van der Waals surface area contributed by atoms with Gasteiger partial charge < -0.3 is 9.84 Å². The molecule has 0 saturated carbocycles. The zero-order chi connectivity index (χ0) is 13.7. The molecule has 2 rings (SSSR count). The molecule has 1 saturated heterocycles. The highest BCUT2D eigenvalue weighted by Gasteiger charge is 2.27. The molecule has 3 unspecified atom stereocenters. The molecule has 2 heterocycles. The van der Waals surface area contributed by atoms with Crippen LogP contribution < -0.4 is 5.32 Å². The van der Waals surface area contributed by atoms with Crippen molar-refractivity contribution in [2.75, 3.05) is 12.3 Å². The SMILES string of the molecule is CCCNC(C)C(CC)c1nc(C2CCCS2)no1. The van der Waals surface area contributed by atoms with Crippen molar-refractivity contribution in [1.29, 1.82) is 0 Å². The van der Waals surface area contributed by atoms with Gasteiger partial charge in [0, 0.05) is 6.04 Å². The van der Waals surface area contributed by atoms with E-state index in [0.717, 1.165) is 31.1 Å². The van der Waals surface area contributed by atoms with Crippen LogP contribution in [-0.2, 0) is 0 Å². The molecule has 1 aromatic rings. The van der Waals surface area contributed by atoms with Crippen LogP contribution in [0.1, 0.15) is 69.3 Å². The summed E-state index contributed by atoms with van der Waals surface area (Å²) >= 11 is 1.95. The Bertz CT molecular complexity index is 377. The van der Waals surface area contributed by atoms with E-state index in [0.29, 0.717) is 17.2 Å². The normalized spacial score (nSPS) is 22.6. The van der Waals surface area contributed by atoms with E-state index in [1.54, 1.807) is 0 Å². The van der Waals surface area contributed by atoms with E-state index in [4.69, 9.17) is 4.52 Å². The van der Waals surface area contributed by atoms with E-state index < -0.39 is 0 Å². The minimum Gasteiger partial charge on any atom is -0.339 e. The quantitative estimate of drug-likeness (QED) is 0.829. The number of hydrogen-bond donors (Lipinski definition) is 1. The average molecular weight is 283 g/mol. The van der Waals surface area contributed by atoms with E-state index in [-0.39, 0.29) is 0 Å². The third-order valence-electron chi connectivity index (χ3n) is 3.75. The lowest BCUT2D eigenvalue weighted by Crippen LogP contribution is -2.32. The molecule has 19 heavy (non-hydrogen) atoms. The molecule has 108 valence electrons. The molecular formula is C14H25N3OS. The molecule has 1 aliphatic rings. The van der Waals surface area contributed by atoms with E-state index in [1.807, 2.05) is 11.8 Å². The summed E-state index contributed by atoms with van der Waals surface area (Å²) in [7, 11) is 0. The number of nitrogens with one attached hydrogen (secondary N) is 1. The Morgan fingerprint density at radius 2 is 2.32 bits per heavy atom. The maximum Gasteiger partial charge on any atom is 0.231 e. The number of hydrogen-bond acceptors (Lipinski definition) is 5. The minimum absolute atomic E-state index is 0.319. The van der Waals surface area contributed by atoms with Gasteiger partial charge in [-0.2, -0.15) is 16.7 Å². The molecule has 1 aromatic heterocycles. The molecule has 4 nitrogen and oxygen atoms in total. The Morgan fingerprint density at radius 3 is 2.95 bits per heavy atom.